The van der Waals surface area contributed by atoms with Gasteiger partial charge in [-0.3, -0.25) is 9.48 Å². The van der Waals surface area contributed by atoms with E-state index in [1.165, 1.54) is 19.2 Å². The molecule has 0 saturated heterocycles. The van der Waals surface area contributed by atoms with Crippen molar-refractivity contribution in [2.75, 3.05) is 12.4 Å². The molecule has 7 heteroatoms. The van der Waals surface area contributed by atoms with Gasteiger partial charge in [0.25, 0.3) is 5.91 Å². The summed E-state index contributed by atoms with van der Waals surface area (Å²) in [5, 5.41) is 16.5. The number of carbonyl (C=O) groups excluding carboxylic acids is 1. The number of ether oxygens (including phenoxy) is 1. The van der Waals surface area contributed by atoms with Crippen LogP contribution in [0.2, 0.25) is 0 Å². The van der Waals surface area contributed by atoms with Crippen molar-refractivity contribution in [3.8, 4) is 5.75 Å². The van der Waals surface area contributed by atoms with Crippen LogP contribution in [0.15, 0.2) is 24.3 Å². The lowest BCUT2D eigenvalue weighted by Crippen LogP contribution is -2.26. The smallest absolute Gasteiger partial charge is 0.337 e. The van der Waals surface area contributed by atoms with E-state index in [4.69, 9.17) is 4.74 Å². The van der Waals surface area contributed by atoms with Crippen LogP contribution in [-0.4, -0.2) is 33.9 Å². The highest BCUT2D eigenvalue weighted by Crippen LogP contribution is 2.41. The first-order valence-corrected chi connectivity index (χ1v) is 8.54. The minimum absolute atomic E-state index is 0.0321. The predicted molar refractivity (Wildman–Crippen MR) is 97.1 cm³/mol. The van der Waals surface area contributed by atoms with Gasteiger partial charge in [-0.1, -0.05) is 0 Å². The van der Waals surface area contributed by atoms with E-state index in [9.17, 15) is 14.7 Å². The van der Waals surface area contributed by atoms with E-state index in [0.717, 1.165) is 18.5 Å². The zero-order chi connectivity index (χ0) is 19.1. The van der Waals surface area contributed by atoms with Gasteiger partial charge in [0.15, 0.2) is 5.69 Å². The second-order valence-electron chi connectivity index (χ2n) is 7.48. The van der Waals surface area contributed by atoms with Crippen LogP contribution in [-0.2, 0) is 5.54 Å². The Kier molecular flexibility index (Phi) is 4.48. The maximum Gasteiger partial charge on any atom is 0.337 e. The van der Waals surface area contributed by atoms with Crippen molar-refractivity contribution >= 4 is 17.6 Å². The third-order valence-electron chi connectivity index (χ3n) is 4.31. The van der Waals surface area contributed by atoms with Crippen LogP contribution in [0.1, 0.15) is 66.1 Å². The number of rotatable bonds is 5. The van der Waals surface area contributed by atoms with Crippen LogP contribution < -0.4 is 10.1 Å². The lowest BCUT2D eigenvalue weighted by Gasteiger charge is -2.22. The molecule has 7 nitrogen and oxygen atoms in total. The fraction of sp³-hybridized carbons (Fsp3) is 0.421. The summed E-state index contributed by atoms with van der Waals surface area (Å²) < 4.78 is 6.94. The second-order valence-corrected chi connectivity index (χ2v) is 7.48. The van der Waals surface area contributed by atoms with Crippen LogP contribution in [0.25, 0.3) is 0 Å². The molecule has 2 aromatic rings. The van der Waals surface area contributed by atoms with Crippen LogP contribution in [0, 0.1) is 0 Å². The minimum atomic E-state index is -1.14. The molecule has 1 saturated carbocycles. The number of benzene rings is 1. The Morgan fingerprint density at radius 2 is 1.96 bits per heavy atom. The van der Waals surface area contributed by atoms with E-state index in [-0.39, 0.29) is 22.5 Å². The zero-order valence-electron chi connectivity index (χ0n) is 15.4. The standard InChI is InChI=1S/C19H23N3O4/c1-19(2,3)22-16(11-5-6-11)10-15(21-22)17(23)20-14-8-7-12(26-4)9-13(14)18(24)25/h7-11H,5-6H2,1-4H3,(H,20,23)(H,24,25). The van der Waals surface area contributed by atoms with Crippen molar-refractivity contribution < 1.29 is 19.4 Å². The molecule has 2 N–H and O–H groups in total. The molecule has 138 valence electrons. The molecule has 0 aliphatic heterocycles. The number of hydrogen-bond donors (Lipinski definition) is 2. The van der Waals surface area contributed by atoms with E-state index >= 15 is 0 Å². The molecule has 1 heterocycles. The largest absolute Gasteiger partial charge is 0.497 e. The fourth-order valence-electron chi connectivity index (χ4n) is 2.84. The summed E-state index contributed by atoms with van der Waals surface area (Å²) in [4.78, 5) is 24.1. The Morgan fingerprint density at radius 1 is 1.27 bits per heavy atom. The average Bonchev–Trinajstić information content (AvgIpc) is 3.31. The van der Waals surface area contributed by atoms with Crippen molar-refractivity contribution in [1.82, 2.24) is 9.78 Å². The molecule has 1 aliphatic carbocycles. The van der Waals surface area contributed by atoms with Gasteiger partial charge in [0, 0.05) is 11.6 Å². The van der Waals surface area contributed by atoms with Crippen molar-refractivity contribution in [3.63, 3.8) is 0 Å². The average molecular weight is 357 g/mol. The molecule has 26 heavy (non-hydrogen) atoms. The van der Waals surface area contributed by atoms with E-state index < -0.39 is 11.9 Å². The highest BCUT2D eigenvalue weighted by atomic mass is 16.5. The molecule has 1 aromatic heterocycles. The summed E-state index contributed by atoms with van der Waals surface area (Å²) in [6.07, 6.45) is 2.20. The van der Waals surface area contributed by atoms with Crippen LogP contribution in [0.5, 0.6) is 5.75 Å². The molecular formula is C19H23N3O4. The van der Waals surface area contributed by atoms with Crippen molar-refractivity contribution in [3.05, 3.63) is 41.2 Å². The number of aromatic carboxylic acids is 1. The Bertz CT molecular complexity index is 860. The first-order chi connectivity index (χ1) is 12.2. The minimum Gasteiger partial charge on any atom is -0.497 e. The number of hydrogen-bond acceptors (Lipinski definition) is 4. The van der Waals surface area contributed by atoms with Crippen LogP contribution >= 0.6 is 0 Å². The van der Waals surface area contributed by atoms with Gasteiger partial charge in [-0.25, -0.2) is 4.79 Å². The first-order valence-electron chi connectivity index (χ1n) is 8.54. The number of nitrogens with zero attached hydrogens (tertiary/aromatic N) is 2. The summed E-state index contributed by atoms with van der Waals surface area (Å²) in [7, 11) is 1.46. The molecule has 0 radical (unpaired) electrons. The van der Waals surface area contributed by atoms with Gasteiger partial charge < -0.3 is 15.2 Å². The quantitative estimate of drug-likeness (QED) is 0.854. The first kappa shape index (κ1) is 18.0. The maximum absolute atomic E-state index is 12.7. The van der Waals surface area contributed by atoms with Crippen LogP contribution in [0.3, 0.4) is 0 Å². The summed E-state index contributed by atoms with van der Waals surface area (Å²) in [6.45, 7) is 6.12. The summed E-state index contributed by atoms with van der Waals surface area (Å²) in [5.41, 5.74) is 1.28. The van der Waals surface area contributed by atoms with E-state index in [0.29, 0.717) is 11.7 Å². The molecule has 3 rings (SSSR count). The van der Waals surface area contributed by atoms with Gasteiger partial charge in [-0.05, 0) is 57.9 Å². The maximum atomic E-state index is 12.7. The van der Waals surface area contributed by atoms with Gasteiger partial charge in [-0.15, -0.1) is 0 Å². The van der Waals surface area contributed by atoms with Crippen LogP contribution in [0.4, 0.5) is 5.69 Å². The number of carboxylic acids is 1. The van der Waals surface area contributed by atoms with Gasteiger partial charge in [-0.2, -0.15) is 5.10 Å². The number of anilines is 1. The normalized spacial score (nSPS) is 14.2. The number of amides is 1. The molecule has 1 amide bonds. The SMILES string of the molecule is COc1ccc(NC(=O)c2cc(C3CC3)n(C(C)(C)C)n2)c(C(=O)O)c1. The predicted octanol–water partition coefficient (Wildman–Crippen LogP) is 3.47. The Labute approximate surface area is 152 Å². The monoisotopic (exact) mass is 357 g/mol. The van der Waals surface area contributed by atoms with Crippen molar-refractivity contribution in [2.24, 2.45) is 0 Å². The molecule has 0 atom stereocenters. The Hall–Kier alpha value is -2.83. The highest BCUT2D eigenvalue weighted by Gasteiger charge is 2.32. The lowest BCUT2D eigenvalue weighted by atomic mass is 10.1. The van der Waals surface area contributed by atoms with Gasteiger partial charge in [0.2, 0.25) is 0 Å². The molecule has 1 aromatic carbocycles. The second kappa shape index (κ2) is 6.48. The number of carboxylic acid groups (broad SMARTS) is 1. The van der Waals surface area contributed by atoms with Gasteiger partial charge in [0.05, 0.1) is 23.9 Å². The van der Waals surface area contributed by atoms with E-state index in [1.807, 2.05) is 31.5 Å². The molecule has 1 aliphatic rings. The molecule has 0 spiro atoms. The molecule has 1 fully saturated rings. The summed E-state index contributed by atoms with van der Waals surface area (Å²) in [6, 6.07) is 6.30. The number of nitrogens with one attached hydrogen (secondary N) is 1. The summed E-state index contributed by atoms with van der Waals surface area (Å²) in [5.74, 6) is -0.715. The van der Waals surface area contributed by atoms with Crippen molar-refractivity contribution in [1.29, 1.82) is 0 Å². The molecule has 0 bridgehead atoms. The number of carbonyl (C=O) groups is 2. The zero-order valence-corrected chi connectivity index (χ0v) is 15.4. The van der Waals surface area contributed by atoms with E-state index in [1.54, 1.807) is 6.07 Å². The van der Waals surface area contributed by atoms with Gasteiger partial charge >= 0.3 is 5.97 Å². The third kappa shape index (κ3) is 3.56. The number of aromatic nitrogens is 2. The molecule has 0 unspecified atom stereocenters. The topological polar surface area (TPSA) is 93.5 Å². The highest BCUT2D eigenvalue weighted by molar-refractivity contribution is 6.07. The van der Waals surface area contributed by atoms with E-state index in [2.05, 4.69) is 10.4 Å². The molecular weight excluding hydrogens is 334 g/mol. The Morgan fingerprint density at radius 3 is 2.50 bits per heavy atom. The Balaban J connectivity index is 1.90. The fourth-order valence-corrected chi connectivity index (χ4v) is 2.84. The number of methoxy groups -OCH3 is 1. The van der Waals surface area contributed by atoms with Crippen molar-refractivity contribution in [2.45, 2.75) is 45.1 Å². The van der Waals surface area contributed by atoms with Gasteiger partial charge in [0.1, 0.15) is 5.75 Å². The summed E-state index contributed by atoms with van der Waals surface area (Å²) >= 11 is 0. The lowest BCUT2D eigenvalue weighted by molar-refractivity contribution is 0.0697. The third-order valence-corrected chi connectivity index (χ3v) is 4.31.